The van der Waals surface area contributed by atoms with Crippen molar-refractivity contribution in [1.29, 1.82) is 0 Å². The fourth-order valence-electron chi connectivity index (χ4n) is 4.71. The Morgan fingerprint density at radius 3 is 2.47 bits per heavy atom. The highest BCUT2D eigenvalue weighted by Crippen LogP contribution is 2.42. The number of aromatic nitrogens is 2. The molecule has 2 aliphatic heterocycles. The predicted molar refractivity (Wildman–Crippen MR) is 115 cm³/mol. The fourth-order valence-corrected chi connectivity index (χ4v) is 4.71. The van der Waals surface area contributed by atoms with Crippen molar-refractivity contribution in [3.63, 3.8) is 0 Å². The fraction of sp³-hybridized carbons (Fsp3) is 0.500. The van der Waals surface area contributed by atoms with Crippen molar-refractivity contribution in [2.75, 3.05) is 23.8 Å². The number of halogens is 3. The number of hydrogen-bond acceptors (Lipinski definition) is 7. The second-order valence-electron chi connectivity index (χ2n) is 8.69. The van der Waals surface area contributed by atoms with Gasteiger partial charge in [-0.2, -0.15) is 0 Å². The Morgan fingerprint density at radius 2 is 1.78 bits per heavy atom. The standard InChI is InChI=1S/C22H25F3N6O/c23-12-7-15(24)19(16(25)8-12)30-21-18(11-5-6-32-10-11)20-17(29-21)9-27-22(31-20)28-14-3-1-13(26)2-4-14/h7-9,11,13-14,18H,1-6,10,26H2,(H,29,30)(H,27,28,31)/t11?,13-,14-,18-/m0/s1. The predicted octanol–water partition coefficient (Wildman–Crippen LogP) is 3.85. The minimum atomic E-state index is -1.02. The quantitative estimate of drug-likeness (QED) is 0.660. The van der Waals surface area contributed by atoms with Crippen molar-refractivity contribution >= 4 is 23.2 Å². The van der Waals surface area contributed by atoms with Crippen molar-refractivity contribution in [2.45, 2.75) is 50.1 Å². The Labute approximate surface area is 183 Å². The number of anilines is 2. The van der Waals surface area contributed by atoms with E-state index in [9.17, 15) is 13.2 Å². The summed E-state index contributed by atoms with van der Waals surface area (Å²) < 4.78 is 47.4. The molecule has 1 saturated carbocycles. The number of hydrogen-bond donors (Lipinski definition) is 3. The van der Waals surface area contributed by atoms with Gasteiger partial charge in [0.2, 0.25) is 5.95 Å². The van der Waals surface area contributed by atoms with E-state index in [1.165, 1.54) is 0 Å². The summed E-state index contributed by atoms with van der Waals surface area (Å²) in [4.78, 5) is 13.7. The van der Waals surface area contributed by atoms with E-state index < -0.39 is 23.1 Å². The Morgan fingerprint density at radius 1 is 1.03 bits per heavy atom. The summed E-state index contributed by atoms with van der Waals surface area (Å²) in [7, 11) is 0. The van der Waals surface area contributed by atoms with Gasteiger partial charge in [-0.25, -0.2) is 28.1 Å². The number of benzene rings is 1. The lowest BCUT2D eigenvalue weighted by Gasteiger charge is -2.27. The SMILES string of the molecule is N[C@H]1CC[C@H](Nc2ncc3c(n2)[C@H](C2CCOC2)C(Nc2c(F)cc(F)cc2F)=N3)CC1. The number of rotatable bonds is 4. The maximum Gasteiger partial charge on any atom is 0.223 e. The van der Waals surface area contributed by atoms with Crippen LogP contribution in [0.4, 0.5) is 30.5 Å². The number of nitrogens with one attached hydrogen (secondary N) is 2. The zero-order valence-electron chi connectivity index (χ0n) is 17.5. The number of ether oxygens (including phenoxy) is 1. The molecular weight excluding hydrogens is 421 g/mol. The third kappa shape index (κ3) is 4.16. The van der Waals surface area contributed by atoms with E-state index in [0.717, 1.165) is 32.1 Å². The second-order valence-corrected chi connectivity index (χ2v) is 8.69. The molecule has 2 atom stereocenters. The summed E-state index contributed by atoms with van der Waals surface area (Å²) in [6, 6.07) is 1.78. The molecule has 2 fully saturated rings. The number of amidine groups is 1. The van der Waals surface area contributed by atoms with E-state index >= 15 is 0 Å². The largest absolute Gasteiger partial charge is 0.381 e. The van der Waals surface area contributed by atoms with Crippen LogP contribution in [-0.2, 0) is 4.74 Å². The molecule has 1 saturated heterocycles. The normalized spacial score (nSPS) is 27.2. The lowest BCUT2D eigenvalue weighted by molar-refractivity contribution is 0.184. The topological polar surface area (TPSA) is 97.5 Å². The van der Waals surface area contributed by atoms with E-state index in [0.29, 0.717) is 48.5 Å². The third-order valence-electron chi connectivity index (χ3n) is 6.43. The summed E-state index contributed by atoms with van der Waals surface area (Å²) in [6.45, 7) is 1.09. The zero-order chi connectivity index (χ0) is 22.2. The van der Waals surface area contributed by atoms with Crippen molar-refractivity contribution in [3.8, 4) is 0 Å². The molecule has 1 aromatic heterocycles. The molecule has 3 heterocycles. The van der Waals surface area contributed by atoms with Crippen molar-refractivity contribution in [3.05, 3.63) is 41.5 Å². The average molecular weight is 446 g/mol. The summed E-state index contributed by atoms with van der Waals surface area (Å²) in [5.41, 5.74) is 6.79. The van der Waals surface area contributed by atoms with E-state index in [1.54, 1.807) is 6.20 Å². The van der Waals surface area contributed by atoms with Crippen LogP contribution in [0, 0.1) is 23.4 Å². The average Bonchev–Trinajstić information content (AvgIpc) is 3.39. The molecule has 7 nitrogen and oxygen atoms in total. The van der Waals surface area contributed by atoms with Crippen molar-refractivity contribution in [1.82, 2.24) is 9.97 Å². The molecule has 170 valence electrons. The van der Waals surface area contributed by atoms with Gasteiger partial charge in [0.1, 0.15) is 23.0 Å². The minimum absolute atomic E-state index is 0.0458. The van der Waals surface area contributed by atoms with Gasteiger partial charge in [0.25, 0.3) is 0 Å². The van der Waals surface area contributed by atoms with Gasteiger partial charge >= 0.3 is 0 Å². The molecule has 4 N–H and O–H groups in total. The van der Waals surface area contributed by atoms with E-state index in [1.807, 2.05) is 0 Å². The molecule has 0 amide bonds. The van der Waals surface area contributed by atoms with Gasteiger partial charge in [-0.1, -0.05) is 0 Å². The Balaban J connectivity index is 1.42. The molecule has 1 aromatic carbocycles. The maximum absolute atomic E-state index is 14.3. The summed E-state index contributed by atoms with van der Waals surface area (Å²) in [5, 5.41) is 6.15. The number of nitrogens with two attached hydrogens (primary N) is 1. The van der Waals surface area contributed by atoms with Crippen LogP contribution < -0.4 is 16.4 Å². The van der Waals surface area contributed by atoms with Crippen molar-refractivity contribution < 1.29 is 17.9 Å². The monoisotopic (exact) mass is 446 g/mol. The number of fused-ring (bicyclic) bond motifs is 1. The highest BCUT2D eigenvalue weighted by atomic mass is 19.1. The van der Waals surface area contributed by atoms with Gasteiger partial charge in [-0.3, -0.25) is 0 Å². The first-order valence-corrected chi connectivity index (χ1v) is 10.9. The molecule has 5 rings (SSSR count). The molecule has 3 aliphatic rings. The summed E-state index contributed by atoms with van der Waals surface area (Å²) >= 11 is 0. The van der Waals surface area contributed by atoms with Crippen LogP contribution in [0.1, 0.15) is 43.7 Å². The molecule has 32 heavy (non-hydrogen) atoms. The van der Waals surface area contributed by atoms with Gasteiger partial charge in [0.15, 0.2) is 11.6 Å². The van der Waals surface area contributed by atoms with Crippen LogP contribution in [0.25, 0.3) is 0 Å². The van der Waals surface area contributed by atoms with Crippen molar-refractivity contribution in [2.24, 2.45) is 16.6 Å². The first-order chi connectivity index (χ1) is 15.5. The molecule has 0 spiro atoms. The highest BCUT2D eigenvalue weighted by Gasteiger charge is 2.39. The van der Waals surface area contributed by atoms with Crippen LogP contribution in [0.15, 0.2) is 23.3 Å². The number of nitrogens with zero attached hydrogens (tertiary/aromatic N) is 3. The first kappa shape index (κ1) is 21.1. The second kappa shape index (κ2) is 8.67. The van der Waals surface area contributed by atoms with Crippen LogP contribution >= 0.6 is 0 Å². The molecular formula is C22H25F3N6O. The van der Waals surface area contributed by atoms with Crippen LogP contribution in [0.2, 0.25) is 0 Å². The van der Waals surface area contributed by atoms with Gasteiger partial charge in [-0.05, 0) is 38.0 Å². The van der Waals surface area contributed by atoms with Crippen LogP contribution in [0.3, 0.4) is 0 Å². The number of aliphatic imine (C=N–C) groups is 1. The van der Waals surface area contributed by atoms with E-state index in [-0.39, 0.29) is 23.9 Å². The molecule has 0 bridgehead atoms. The zero-order valence-corrected chi connectivity index (χ0v) is 17.5. The molecule has 10 heteroatoms. The lowest BCUT2D eigenvalue weighted by Crippen LogP contribution is -2.33. The Kier molecular flexibility index (Phi) is 5.73. The molecule has 1 aliphatic carbocycles. The van der Waals surface area contributed by atoms with Gasteiger partial charge in [0, 0.05) is 30.8 Å². The van der Waals surface area contributed by atoms with Crippen LogP contribution in [-0.4, -0.2) is 41.1 Å². The first-order valence-electron chi connectivity index (χ1n) is 10.9. The van der Waals surface area contributed by atoms with Gasteiger partial charge in [0.05, 0.1) is 24.4 Å². The van der Waals surface area contributed by atoms with Gasteiger partial charge in [-0.15, -0.1) is 0 Å². The highest BCUT2D eigenvalue weighted by molar-refractivity contribution is 6.05. The Bertz CT molecular complexity index is 1010. The van der Waals surface area contributed by atoms with E-state index in [4.69, 9.17) is 15.5 Å². The maximum atomic E-state index is 14.3. The summed E-state index contributed by atoms with van der Waals surface area (Å²) in [6.07, 6.45) is 6.20. The summed E-state index contributed by atoms with van der Waals surface area (Å²) in [5.74, 6) is -2.45. The smallest absolute Gasteiger partial charge is 0.223 e. The van der Waals surface area contributed by atoms with E-state index in [2.05, 4.69) is 20.6 Å². The Hall–Kier alpha value is -2.72. The third-order valence-corrected chi connectivity index (χ3v) is 6.43. The molecule has 0 radical (unpaired) electrons. The molecule has 2 aromatic rings. The lowest BCUT2D eigenvalue weighted by atomic mass is 9.88. The molecule has 1 unspecified atom stereocenters. The van der Waals surface area contributed by atoms with Crippen LogP contribution in [0.5, 0.6) is 0 Å². The minimum Gasteiger partial charge on any atom is -0.381 e. The van der Waals surface area contributed by atoms with Gasteiger partial charge < -0.3 is 21.1 Å².